The topological polar surface area (TPSA) is 15.3 Å². The Balaban J connectivity index is 2.02. The lowest BCUT2D eigenvalue weighted by Gasteiger charge is -2.31. The van der Waals surface area contributed by atoms with Crippen LogP contribution in [0.4, 0.5) is 0 Å². The van der Waals surface area contributed by atoms with E-state index in [1.807, 2.05) is 11.8 Å². The molecule has 0 aromatic carbocycles. The molecule has 1 heterocycles. The Morgan fingerprint density at radius 3 is 2.80 bits per heavy atom. The lowest BCUT2D eigenvalue weighted by molar-refractivity contribution is 0.218. The van der Waals surface area contributed by atoms with Gasteiger partial charge >= 0.3 is 0 Å². The fourth-order valence-electron chi connectivity index (χ4n) is 1.95. The summed E-state index contributed by atoms with van der Waals surface area (Å²) in [6.45, 7) is 4.30. The second kappa shape index (κ2) is 8.04. The SMILES string of the molecule is C#CCN1CCC(NCCCSC)CC1. The minimum atomic E-state index is 0.723. The number of hydrogen-bond acceptors (Lipinski definition) is 3. The second-order valence-corrected chi connectivity index (χ2v) is 5.04. The summed E-state index contributed by atoms with van der Waals surface area (Å²) < 4.78 is 0. The number of thioether (sulfide) groups is 1. The molecule has 3 heteroatoms. The van der Waals surface area contributed by atoms with Crippen molar-refractivity contribution in [2.45, 2.75) is 25.3 Å². The summed E-state index contributed by atoms with van der Waals surface area (Å²) in [7, 11) is 0. The zero-order valence-electron chi connectivity index (χ0n) is 9.67. The van der Waals surface area contributed by atoms with E-state index in [0.29, 0.717) is 0 Å². The predicted molar refractivity (Wildman–Crippen MR) is 69.3 cm³/mol. The van der Waals surface area contributed by atoms with Crippen LogP contribution in [-0.4, -0.2) is 49.1 Å². The first-order chi connectivity index (χ1) is 7.36. The standard InChI is InChI=1S/C12H22N2S/c1-3-8-14-9-5-12(6-10-14)13-7-4-11-15-2/h1,12-13H,4-11H2,2H3. The largest absolute Gasteiger partial charge is 0.314 e. The van der Waals surface area contributed by atoms with Crippen molar-refractivity contribution in [3.05, 3.63) is 0 Å². The minimum absolute atomic E-state index is 0.723. The number of hydrogen-bond donors (Lipinski definition) is 1. The maximum Gasteiger partial charge on any atom is 0.0598 e. The highest BCUT2D eigenvalue weighted by Gasteiger charge is 2.17. The summed E-state index contributed by atoms with van der Waals surface area (Å²) in [5, 5.41) is 3.63. The number of terminal acetylenes is 1. The molecule has 1 rings (SSSR count). The van der Waals surface area contributed by atoms with Crippen LogP contribution in [0, 0.1) is 12.3 Å². The molecule has 0 radical (unpaired) electrons. The van der Waals surface area contributed by atoms with E-state index in [2.05, 4.69) is 22.4 Å². The Bertz CT molecular complexity index is 192. The van der Waals surface area contributed by atoms with Gasteiger partial charge in [-0.15, -0.1) is 6.42 Å². The third-order valence-electron chi connectivity index (χ3n) is 2.86. The van der Waals surface area contributed by atoms with Gasteiger partial charge < -0.3 is 5.32 Å². The van der Waals surface area contributed by atoms with Crippen LogP contribution in [0.2, 0.25) is 0 Å². The van der Waals surface area contributed by atoms with Gasteiger partial charge in [-0.2, -0.15) is 11.8 Å². The summed E-state index contributed by atoms with van der Waals surface area (Å²) >= 11 is 1.92. The van der Waals surface area contributed by atoms with Crippen molar-refractivity contribution in [1.29, 1.82) is 0 Å². The lowest BCUT2D eigenvalue weighted by atomic mass is 10.1. The average molecular weight is 226 g/mol. The molecule has 0 spiro atoms. The maximum atomic E-state index is 5.30. The van der Waals surface area contributed by atoms with Crippen molar-refractivity contribution in [2.75, 3.05) is 38.2 Å². The molecule has 0 atom stereocenters. The van der Waals surface area contributed by atoms with E-state index in [9.17, 15) is 0 Å². The van der Waals surface area contributed by atoms with E-state index < -0.39 is 0 Å². The molecule has 0 aromatic heterocycles. The van der Waals surface area contributed by atoms with Gasteiger partial charge in [-0.1, -0.05) is 5.92 Å². The van der Waals surface area contributed by atoms with Gasteiger partial charge in [0.1, 0.15) is 0 Å². The van der Waals surface area contributed by atoms with Gasteiger partial charge in [0.15, 0.2) is 0 Å². The Morgan fingerprint density at radius 2 is 2.20 bits per heavy atom. The second-order valence-electron chi connectivity index (χ2n) is 4.06. The highest BCUT2D eigenvalue weighted by atomic mass is 32.2. The molecule has 1 aliphatic rings. The van der Waals surface area contributed by atoms with Crippen molar-refractivity contribution in [1.82, 2.24) is 10.2 Å². The zero-order valence-corrected chi connectivity index (χ0v) is 10.5. The number of nitrogens with one attached hydrogen (secondary N) is 1. The summed E-state index contributed by atoms with van der Waals surface area (Å²) in [5.41, 5.74) is 0. The molecule has 1 saturated heterocycles. The molecular weight excluding hydrogens is 204 g/mol. The number of rotatable bonds is 6. The van der Waals surface area contributed by atoms with Crippen molar-refractivity contribution < 1.29 is 0 Å². The third-order valence-corrected chi connectivity index (χ3v) is 3.56. The highest BCUT2D eigenvalue weighted by Crippen LogP contribution is 2.09. The van der Waals surface area contributed by atoms with Crippen molar-refractivity contribution in [2.24, 2.45) is 0 Å². The number of nitrogens with zero attached hydrogens (tertiary/aromatic N) is 1. The molecule has 1 fully saturated rings. The summed E-state index contributed by atoms with van der Waals surface area (Å²) in [6, 6.07) is 0.723. The van der Waals surface area contributed by atoms with Crippen molar-refractivity contribution in [3.8, 4) is 12.3 Å². The fraction of sp³-hybridized carbons (Fsp3) is 0.833. The molecule has 0 bridgehead atoms. The smallest absolute Gasteiger partial charge is 0.0598 e. The van der Waals surface area contributed by atoms with Crippen LogP contribution in [0.15, 0.2) is 0 Å². The molecule has 0 aliphatic carbocycles. The van der Waals surface area contributed by atoms with Gasteiger partial charge in [-0.25, -0.2) is 0 Å². The van der Waals surface area contributed by atoms with Crippen LogP contribution < -0.4 is 5.32 Å². The molecule has 0 unspecified atom stereocenters. The average Bonchev–Trinajstić information content (AvgIpc) is 2.27. The van der Waals surface area contributed by atoms with Crippen LogP contribution in [0.3, 0.4) is 0 Å². The van der Waals surface area contributed by atoms with E-state index in [4.69, 9.17) is 6.42 Å². The van der Waals surface area contributed by atoms with E-state index in [1.165, 1.54) is 31.6 Å². The Morgan fingerprint density at radius 1 is 1.47 bits per heavy atom. The highest BCUT2D eigenvalue weighted by molar-refractivity contribution is 7.98. The predicted octanol–water partition coefficient (Wildman–Crippen LogP) is 1.43. The number of piperidine rings is 1. The summed E-state index contributed by atoms with van der Waals surface area (Å²) in [5.74, 6) is 3.98. The quantitative estimate of drug-likeness (QED) is 0.545. The Hall–Kier alpha value is -0.170. The van der Waals surface area contributed by atoms with E-state index in [1.54, 1.807) is 0 Å². The van der Waals surface area contributed by atoms with Crippen LogP contribution in [-0.2, 0) is 0 Å². The van der Waals surface area contributed by atoms with Crippen LogP contribution in [0.5, 0.6) is 0 Å². The monoisotopic (exact) mass is 226 g/mol. The van der Waals surface area contributed by atoms with E-state index in [0.717, 1.165) is 25.7 Å². The first kappa shape index (κ1) is 12.9. The first-order valence-corrected chi connectivity index (χ1v) is 7.14. The zero-order chi connectivity index (χ0) is 10.9. The van der Waals surface area contributed by atoms with Gasteiger partial charge in [-0.3, -0.25) is 4.90 Å². The van der Waals surface area contributed by atoms with Crippen molar-refractivity contribution >= 4 is 11.8 Å². The normalized spacial score (nSPS) is 18.9. The molecule has 1 aliphatic heterocycles. The molecule has 2 nitrogen and oxygen atoms in total. The lowest BCUT2D eigenvalue weighted by Crippen LogP contribution is -2.42. The van der Waals surface area contributed by atoms with E-state index >= 15 is 0 Å². The van der Waals surface area contributed by atoms with Crippen LogP contribution >= 0.6 is 11.8 Å². The Labute approximate surface area is 98.2 Å². The fourth-order valence-corrected chi connectivity index (χ4v) is 2.38. The molecule has 86 valence electrons. The van der Waals surface area contributed by atoms with Gasteiger partial charge in [0.05, 0.1) is 6.54 Å². The molecular formula is C12H22N2S. The van der Waals surface area contributed by atoms with Gasteiger partial charge in [-0.05, 0) is 37.8 Å². The minimum Gasteiger partial charge on any atom is -0.314 e. The van der Waals surface area contributed by atoms with Gasteiger partial charge in [0.25, 0.3) is 0 Å². The molecule has 15 heavy (non-hydrogen) atoms. The number of likely N-dealkylation sites (tertiary alicyclic amines) is 1. The van der Waals surface area contributed by atoms with Crippen molar-refractivity contribution in [3.63, 3.8) is 0 Å². The van der Waals surface area contributed by atoms with Gasteiger partial charge in [0.2, 0.25) is 0 Å². The molecule has 0 saturated carbocycles. The van der Waals surface area contributed by atoms with Crippen LogP contribution in [0.1, 0.15) is 19.3 Å². The van der Waals surface area contributed by atoms with E-state index in [-0.39, 0.29) is 0 Å². The third kappa shape index (κ3) is 5.46. The Kier molecular flexibility index (Phi) is 6.91. The summed E-state index contributed by atoms with van der Waals surface area (Å²) in [4.78, 5) is 2.36. The first-order valence-electron chi connectivity index (χ1n) is 5.75. The maximum absolute atomic E-state index is 5.30. The van der Waals surface area contributed by atoms with Crippen LogP contribution in [0.25, 0.3) is 0 Å². The van der Waals surface area contributed by atoms with Gasteiger partial charge in [0, 0.05) is 19.1 Å². The molecule has 0 aromatic rings. The molecule has 0 amide bonds. The molecule has 1 N–H and O–H groups in total. The summed E-state index contributed by atoms with van der Waals surface area (Å²) in [6.07, 6.45) is 11.2.